The highest BCUT2D eigenvalue weighted by Crippen LogP contribution is 2.34. The molecule has 0 aliphatic heterocycles. The number of halogens is 1. The van der Waals surface area contributed by atoms with Crippen molar-refractivity contribution in [2.24, 2.45) is 0 Å². The van der Waals surface area contributed by atoms with E-state index in [1.165, 1.54) is 24.3 Å². The molecule has 2 nitrogen and oxygen atoms in total. The van der Waals surface area contributed by atoms with Crippen LogP contribution >= 0.6 is 11.3 Å². The predicted octanol–water partition coefficient (Wildman–Crippen LogP) is 3.63. The fraction of sp³-hybridized carbons (Fsp3) is 0.182. The Morgan fingerprint density at radius 3 is 2.87 bits per heavy atom. The molecule has 1 atom stereocenters. The van der Waals surface area contributed by atoms with Crippen LogP contribution in [-0.2, 0) is 0 Å². The van der Waals surface area contributed by atoms with Crippen LogP contribution < -0.4 is 0 Å². The van der Waals surface area contributed by atoms with Crippen LogP contribution in [0, 0.1) is 0 Å². The average molecular weight is 224 g/mol. The van der Waals surface area contributed by atoms with E-state index in [9.17, 15) is 9.18 Å². The zero-order chi connectivity index (χ0) is 11.0. The van der Waals surface area contributed by atoms with Crippen LogP contribution in [0.3, 0.4) is 0 Å². The van der Waals surface area contributed by atoms with Crippen LogP contribution in [-0.4, -0.2) is 11.1 Å². The van der Waals surface area contributed by atoms with E-state index in [4.69, 9.17) is 5.11 Å². The molecule has 1 aromatic carbocycles. The summed E-state index contributed by atoms with van der Waals surface area (Å²) in [5.74, 6) is -1.01. The van der Waals surface area contributed by atoms with Crippen molar-refractivity contribution in [2.75, 3.05) is 0 Å². The molecule has 0 saturated carbocycles. The molecule has 15 heavy (non-hydrogen) atoms. The summed E-state index contributed by atoms with van der Waals surface area (Å²) in [6, 6.07) is 4.98. The molecule has 0 bridgehead atoms. The van der Waals surface area contributed by atoms with Crippen LogP contribution in [0.15, 0.2) is 23.6 Å². The average Bonchev–Trinajstić information content (AvgIpc) is 2.60. The van der Waals surface area contributed by atoms with Gasteiger partial charge in [0.15, 0.2) is 0 Å². The van der Waals surface area contributed by atoms with Crippen molar-refractivity contribution in [3.8, 4) is 0 Å². The van der Waals surface area contributed by atoms with Crippen molar-refractivity contribution in [1.82, 2.24) is 0 Å². The first-order valence-corrected chi connectivity index (χ1v) is 5.36. The second-order valence-corrected chi connectivity index (χ2v) is 4.20. The molecule has 1 N–H and O–H groups in total. The minimum atomic E-state index is -1.14. The lowest BCUT2D eigenvalue weighted by Crippen LogP contribution is -1.98. The van der Waals surface area contributed by atoms with Gasteiger partial charge in [0.2, 0.25) is 0 Å². The molecule has 1 heterocycles. The number of hydrogen-bond donors (Lipinski definition) is 1. The second-order valence-electron chi connectivity index (χ2n) is 3.29. The molecular weight excluding hydrogens is 215 g/mol. The fourth-order valence-electron chi connectivity index (χ4n) is 1.58. The van der Waals surface area contributed by atoms with Gasteiger partial charge in [-0.15, -0.1) is 11.3 Å². The maximum atomic E-state index is 13.3. The predicted molar refractivity (Wildman–Crippen MR) is 58.3 cm³/mol. The summed E-state index contributed by atoms with van der Waals surface area (Å²) in [5, 5.41) is 11.2. The van der Waals surface area contributed by atoms with Crippen LogP contribution in [0.5, 0.6) is 0 Å². The zero-order valence-corrected chi connectivity index (χ0v) is 8.84. The van der Waals surface area contributed by atoms with Gasteiger partial charge in [-0.1, -0.05) is 6.07 Å². The highest BCUT2D eigenvalue weighted by Gasteiger charge is 2.16. The third kappa shape index (κ3) is 1.61. The normalized spacial score (nSPS) is 12.9. The number of carbonyl (C=O) groups is 1. The molecule has 4 heteroatoms. The van der Waals surface area contributed by atoms with Crippen LogP contribution in [0.25, 0.3) is 10.1 Å². The van der Waals surface area contributed by atoms with Crippen LogP contribution in [0.2, 0.25) is 0 Å². The molecule has 2 aromatic rings. The van der Waals surface area contributed by atoms with Crippen molar-refractivity contribution in [1.29, 1.82) is 0 Å². The van der Waals surface area contributed by atoms with Gasteiger partial charge in [-0.05, 0) is 24.4 Å². The smallest absolute Gasteiger partial charge is 0.336 e. The summed E-state index contributed by atoms with van der Waals surface area (Å²) in [6.07, 6.45) is -1.14. The number of aromatic carboxylic acids is 1. The van der Waals surface area contributed by atoms with Gasteiger partial charge in [-0.25, -0.2) is 9.18 Å². The van der Waals surface area contributed by atoms with E-state index in [0.717, 1.165) is 4.70 Å². The summed E-state index contributed by atoms with van der Waals surface area (Å²) in [7, 11) is 0. The van der Waals surface area contributed by atoms with Crippen molar-refractivity contribution < 1.29 is 14.3 Å². The van der Waals surface area contributed by atoms with Crippen molar-refractivity contribution >= 4 is 27.4 Å². The highest BCUT2D eigenvalue weighted by molar-refractivity contribution is 7.17. The van der Waals surface area contributed by atoms with E-state index in [0.29, 0.717) is 10.9 Å². The lowest BCUT2D eigenvalue weighted by Gasteiger charge is -2.02. The maximum absolute atomic E-state index is 13.3. The Morgan fingerprint density at radius 2 is 2.27 bits per heavy atom. The Bertz CT molecular complexity index is 516. The van der Waals surface area contributed by atoms with E-state index in [2.05, 4.69) is 0 Å². The van der Waals surface area contributed by atoms with Gasteiger partial charge in [0.05, 0.1) is 5.56 Å². The first kappa shape index (κ1) is 10.1. The largest absolute Gasteiger partial charge is 0.478 e. The summed E-state index contributed by atoms with van der Waals surface area (Å²) >= 11 is 1.37. The summed E-state index contributed by atoms with van der Waals surface area (Å²) in [5.41, 5.74) is 0.640. The topological polar surface area (TPSA) is 37.3 Å². The van der Waals surface area contributed by atoms with E-state index in [-0.39, 0.29) is 5.56 Å². The molecule has 1 unspecified atom stereocenters. The highest BCUT2D eigenvalue weighted by atomic mass is 32.1. The third-order valence-corrected chi connectivity index (χ3v) is 3.25. The standard InChI is InChI=1S/C11H9FO2S/c1-6(12)8-5-15-9-4-2-3-7(10(8)9)11(13)14/h2-6H,1H3,(H,13,14). The van der Waals surface area contributed by atoms with E-state index < -0.39 is 12.1 Å². The fourth-order valence-corrected chi connectivity index (χ4v) is 2.65. The van der Waals surface area contributed by atoms with Crippen molar-refractivity contribution in [2.45, 2.75) is 13.1 Å². The number of thiophene rings is 1. The number of hydrogen-bond acceptors (Lipinski definition) is 2. The number of rotatable bonds is 2. The second kappa shape index (κ2) is 3.62. The minimum Gasteiger partial charge on any atom is -0.478 e. The quantitative estimate of drug-likeness (QED) is 0.845. The van der Waals surface area contributed by atoms with Gasteiger partial charge in [-0.3, -0.25) is 0 Å². The minimum absolute atomic E-state index is 0.174. The maximum Gasteiger partial charge on any atom is 0.336 e. The lowest BCUT2D eigenvalue weighted by molar-refractivity contribution is 0.0699. The number of carboxylic acid groups (broad SMARTS) is 1. The monoisotopic (exact) mass is 224 g/mol. The van der Waals surface area contributed by atoms with Crippen molar-refractivity contribution in [3.05, 3.63) is 34.7 Å². The Balaban J connectivity index is 2.80. The SMILES string of the molecule is CC(F)c1csc2cccc(C(=O)O)c12. The van der Waals surface area contributed by atoms with Gasteiger partial charge in [0.25, 0.3) is 0 Å². The first-order valence-electron chi connectivity index (χ1n) is 4.48. The molecule has 0 fully saturated rings. The molecule has 0 amide bonds. The van der Waals surface area contributed by atoms with Gasteiger partial charge >= 0.3 is 5.97 Å². The molecule has 1 aromatic heterocycles. The first-order chi connectivity index (χ1) is 7.11. The lowest BCUT2D eigenvalue weighted by atomic mass is 10.0. The number of carboxylic acids is 1. The van der Waals surface area contributed by atoms with Crippen molar-refractivity contribution in [3.63, 3.8) is 0 Å². The Labute approximate surface area is 90.0 Å². The third-order valence-electron chi connectivity index (χ3n) is 2.29. The van der Waals surface area contributed by atoms with Crippen LogP contribution in [0.4, 0.5) is 4.39 Å². The summed E-state index contributed by atoms with van der Waals surface area (Å²) in [4.78, 5) is 11.0. The molecular formula is C11H9FO2S. The van der Waals surface area contributed by atoms with E-state index in [1.54, 1.807) is 17.5 Å². The molecule has 0 aliphatic carbocycles. The summed E-state index contributed by atoms with van der Waals surface area (Å²) in [6.45, 7) is 1.42. The molecule has 0 saturated heterocycles. The molecule has 0 aliphatic rings. The summed E-state index contributed by atoms with van der Waals surface area (Å²) < 4.78 is 14.1. The van der Waals surface area contributed by atoms with Gasteiger partial charge in [-0.2, -0.15) is 0 Å². The van der Waals surface area contributed by atoms with E-state index in [1.807, 2.05) is 0 Å². The van der Waals surface area contributed by atoms with Crippen LogP contribution in [0.1, 0.15) is 29.0 Å². The van der Waals surface area contributed by atoms with Gasteiger partial charge in [0, 0.05) is 15.6 Å². The Morgan fingerprint density at radius 1 is 1.53 bits per heavy atom. The molecule has 0 spiro atoms. The molecule has 78 valence electrons. The Kier molecular flexibility index (Phi) is 2.44. The molecule has 0 radical (unpaired) electrons. The number of fused-ring (bicyclic) bond motifs is 1. The Hall–Kier alpha value is -1.42. The molecule has 2 rings (SSSR count). The van der Waals surface area contributed by atoms with E-state index >= 15 is 0 Å². The van der Waals surface area contributed by atoms with Gasteiger partial charge in [0.1, 0.15) is 6.17 Å². The zero-order valence-electron chi connectivity index (χ0n) is 8.03. The number of benzene rings is 1. The van der Waals surface area contributed by atoms with Gasteiger partial charge < -0.3 is 5.11 Å². The number of alkyl halides is 1.